The van der Waals surface area contributed by atoms with Crippen LogP contribution in [0.3, 0.4) is 0 Å². The zero-order valence-corrected chi connectivity index (χ0v) is 12.4. The van der Waals surface area contributed by atoms with Gasteiger partial charge in [0.2, 0.25) is 0 Å². The lowest BCUT2D eigenvalue weighted by atomic mass is 9.70. The van der Waals surface area contributed by atoms with Crippen LogP contribution < -0.4 is 0 Å². The average molecular weight is 248 g/mol. The lowest BCUT2D eigenvalue weighted by molar-refractivity contribution is 0.162. The molecule has 4 rings (SSSR count). The number of hydrogen-bond donors (Lipinski definition) is 0. The molecule has 0 unspecified atom stereocenters. The molecule has 4 saturated carbocycles. The van der Waals surface area contributed by atoms with Crippen LogP contribution in [0.2, 0.25) is 0 Å². The van der Waals surface area contributed by atoms with Gasteiger partial charge in [0.1, 0.15) is 0 Å². The summed E-state index contributed by atoms with van der Waals surface area (Å²) in [6, 6.07) is 0. The Morgan fingerprint density at radius 1 is 0.500 bits per heavy atom. The van der Waals surface area contributed by atoms with Gasteiger partial charge in [-0.25, -0.2) is 0 Å². The molecule has 0 amide bonds. The standard InChI is InChI=1S/C10H18.C8H14/c1-2-5-9(6-3-1)10-7-4-8-10;1-6-4-8(5-6)7-2-3-7/h9-10H,1-8H2;6-8H,2-5H2,1H3. The zero-order valence-electron chi connectivity index (χ0n) is 12.4. The van der Waals surface area contributed by atoms with Crippen molar-refractivity contribution in [2.75, 3.05) is 0 Å². The van der Waals surface area contributed by atoms with Crippen LogP contribution in [0.15, 0.2) is 0 Å². The van der Waals surface area contributed by atoms with Gasteiger partial charge in [-0.05, 0) is 55.3 Å². The summed E-state index contributed by atoms with van der Waals surface area (Å²) in [5.41, 5.74) is 0. The van der Waals surface area contributed by atoms with E-state index in [9.17, 15) is 0 Å². The van der Waals surface area contributed by atoms with Crippen LogP contribution in [0.25, 0.3) is 0 Å². The predicted octanol–water partition coefficient (Wildman–Crippen LogP) is 5.81. The first-order chi connectivity index (χ1) is 8.83. The molecule has 0 aromatic rings. The van der Waals surface area contributed by atoms with Crippen molar-refractivity contribution >= 4 is 0 Å². The van der Waals surface area contributed by atoms with Gasteiger partial charge in [-0.2, -0.15) is 0 Å². The Balaban J connectivity index is 0.000000114. The van der Waals surface area contributed by atoms with Gasteiger partial charge in [-0.15, -0.1) is 0 Å². The molecule has 0 atom stereocenters. The van der Waals surface area contributed by atoms with Crippen LogP contribution in [-0.2, 0) is 0 Å². The van der Waals surface area contributed by atoms with Crippen molar-refractivity contribution in [1.29, 1.82) is 0 Å². The quantitative estimate of drug-likeness (QED) is 0.578. The van der Waals surface area contributed by atoms with E-state index in [0.717, 1.165) is 11.8 Å². The van der Waals surface area contributed by atoms with Crippen molar-refractivity contribution in [3.05, 3.63) is 0 Å². The third kappa shape index (κ3) is 3.31. The fraction of sp³-hybridized carbons (Fsp3) is 1.00. The third-order valence-electron chi connectivity index (χ3n) is 6.17. The monoisotopic (exact) mass is 248 g/mol. The maximum absolute atomic E-state index is 2.37. The second-order valence-electron chi connectivity index (χ2n) is 7.76. The number of hydrogen-bond acceptors (Lipinski definition) is 0. The molecule has 0 aromatic heterocycles. The Kier molecular flexibility index (Phi) is 4.31. The van der Waals surface area contributed by atoms with Crippen LogP contribution in [0.4, 0.5) is 0 Å². The van der Waals surface area contributed by atoms with E-state index in [0.29, 0.717) is 0 Å². The maximum atomic E-state index is 2.37. The minimum Gasteiger partial charge on any atom is -0.0625 e. The Labute approximate surface area is 114 Å². The molecular weight excluding hydrogens is 216 g/mol. The molecule has 0 radical (unpaired) electrons. The SMILES string of the molecule is C1CCC(C2CCC2)CC1.CC1CC(C2CC2)C1. The summed E-state index contributed by atoms with van der Waals surface area (Å²) in [6.07, 6.45) is 18.5. The van der Waals surface area contributed by atoms with E-state index in [1.54, 1.807) is 51.4 Å². The summed E-state index contributed by atoms with van der Waals surface area (Å²) in [6.45, 7) is 2.37. The van der Waals surface area contributed by atoms with Crippen LogP contribution in [0.1, 0.15) is 84.0 Å². The van der Waals surface area contributed by atoms with Gasteiger partial charge < -0.3 is 0 Å². The molecule has 0 nitrogen and oxygen atoms in total. The minimum atomic E-state index is 1.07. The summed E-state index contributed by atoms with van der Waals surface area (Å²) in [7, 11) is 0. The average Bonchev–Trinajstić information content (AvgIpc) is 3.09. The van der Waals surface area contributed by atoms with Crippen molar-refractivity contribution < 1.29 is 0 Å². The van der Waals surface area contributed by atoms with E-state index in [1.165, 1.54) is 43.4 Å². The van der Waals surface area contributed by atoms with E-state index in [2.05, 4.69) is 6.92 Å². The van der Waals surface area contributed by atoms with Gasteiger partial charge in [0.05, 0.1) is 0 Å². The molecule has 0 N–H and O–H groups in total. The van der Waals surface area contributed by atoms with Gasteiger partial charge in [0.25, 0.3) is 0 Å². The van der Waals surface area contributed by atoms with E-state index < -0.39 is 0 Å². The predicted molar refractivity (Wildman–Crippen MR) is 78.5 cm³/mol. The highest BCUT2D eigenvalue weighted by molar-refractivity contribution is 4.88. The normalized spacial score (nSPS) is 37.2. The molecule has 0 spiro atoms. The Hall–Kier alpha value is 0. The molecule has 4 fully saturated rings. The van der Waals surface area contributed by atoms with Crippen molar-refractivity contribution in [2.45, 2.75) is 84.0 Å². The Morgan fingerprint density at radius 3 is 1.39 bits per heavy atom. The van der Waals surface area contributed by atoms with Gasteiger partial charge in [0.15, 0.2) is 0 Å². The maximum Gasteiger partial charge on any atom is -0.0381 e. The highest BCUT2D eigenvalue weighted by Crippen LogP contribution is 2.49. The molecule has 4 aliphatic rings. The summed E-state index contributed by atoms with van der Waals surface area (Å²) in [5.74, 6) is 5.75. The topological polar surface area (TPSA) is 0 Å². The summed E-state index contributed by atoms with van der Waals surface area (Å²) in [5, 5.41) is 0. The third-order valence-corrected chi connectivity index (χ3v) is 6.17. The van der Waals surface area contributed by atoms with Crippen LogP contribution in [0, 0.1) is 29.6 Å². The molecular formula is C18H32. The first-order valence-corrected chi connectivity index (χ1v) is 8.83. The van der Waals surface area contributed by atoms with Gasteiger partial charge >= 0.3 is 0 Å². The first-order valence-electron chi connectivity index (χ1n) is 8.83. The molecule has 0 aromatic carbocycles. The lowest BCUT2D eigenvalue weighted by Crippen LogP contribution is -2.23. The van der Waals surface area contributed by atoms with Gasteiger partial charge in [0, 0.05) is 0 Å². The minimum absolute atomic E-state index is 1.07. The van der Waals surface area contributed by atoms with Crippen molar-refractivity contribution in [2.24, 2.45) is 29.6 Å². The van der Waals surface area contributed by atoms with Crippen molar-refractivity contribution in [3.63, 3.8) is 0 Å². The molecule has 4 aliphatic carbocycles. The highest BCUT2D eigenvalue weighted by atomic mass is 14.4. The Bertz CT molecular complexity index is 237. The molecule has 0 saturated heterocycles. The molecule has 18 heavy (non-hydrogen) atoms. The molecule has 0 bridgehead atoms. The van der Waals surface area contributed by atoms with Crippen molar-refractivity contribution in [1.82, 2.24) is 0 Å². The summed E-state index contributed by atoms with van der Waals surface area (Å²) in [4.78, 5) is 0. The number of rotatable bonds is 2. The van der Waals surface area contributed by atoms with E-state index in [4.69, 9.17) is 0 Å². The van der Waals surface area contributed by atoms with Gasteiger partial charge in [-0.1, -0.05) is 58.3 Å². The first kappa shape index (κ1) is 13.0. The van der Waals surface area contributed by atoms with E-state index in [-0.39, 0.29) is 0 Å². The summed E-state index contributed by atoms with van der Waals surface area (Å²) >= 11 is 0. The van der Waals surface area contributed by atoms with Crippen molar-refractivity contribution in [3.8, 4) is 0 Å². The van der Waals surface area contributed by atoms with E-state index >= 15 is 0 Å². The highest BCUT2D eigenvalue weighted by Gasteiger charge is 2.37. The fourth-order valence-electron chi connectivity index (χ4n) is 4.43. The van der Waals surface area contributed by atoms with Crippen LogP contribution >= 0.6 is 0 Å². The lowest BCUT2D eigenvalue weighted by Gasteiger charge is -2.36. The molecule has 0 aliphatic heterocycles. The van der Waals surface area contributed by atoms with Gasteiger partial charge in [-0.3, -0.25) is 0 Å². The Morgan fingerprint density at radius 2 is 1.00 bits per heavy atom. The fourth-order valence-corrected chi connectivity index (χ4v) is 4.43. The second-order valence-corrected chi connectivity index (χ2v) is 7.76. The largest absolute Gasteiger partial charge is 0.0625 e. The van der Waals surface area contributed by atoms with Crippen LogP contribution in [0.5, 0.6) is 0 Å². The summed E-state index contributed by atoms with van der Waals surface area (Å²) < 4.78 is 0. The zero-order chi connectivity index (χ0) is 12.4. The smallest absolute Gasteiger partial charge is 0.0381 e. The molecule has 104 valence electrons. The van der Waals surface area contributed by atoms with E-state index in [1.807, 2.05) is 0 Å². The molecule has 0 heterocycles. The molecule has 0 heteroatoms. The second kappa shape index (κ2) is 5.97. The van der Waals surface area contributed by atoms with Crippen LogP contribution in [-0.4, -0.2) is 0 Å².